The fraction of sp³-hybridized carbons (Fsp3) is 0. The van der Waals surface area contributed by atoms with E-state index < -0.39 is 0 Å². The molecule has 11 aromatic carbocycles. The molecule has 0 spiro atoms. The van der Waals surface area contributed by atoms with Crippen LogP contribution in [-0.2, 0) is 0 Å². The molecule has 6 nitrogen and oxygen atoms in total. The number of hydrogen-bond donors (Lipinski definition) is 0. The van der Waals surface area contributed by atoms with Crippen molar-refractivity contribution in [1.29, 1.82) is 0 Å². The Kier molecular flexibility index (Phi) is 10.2. The first-order chi connectivity index (χ1) is 40.7. The molecule has 0 aliphatic rings. The molecule has 0 fully saturated rings. The summed E-state index contributed by atoms with van der Waals surface area (Å²) in [6.07, 6.45) is 0. The van der Waals surface area contributed by atoms with Gasteiger partial charge < -0.3 is 0 Å². The van der Waals surface area contributed by atoms with Crippen molar-refractivity contribution in [2.75, 3.05) is 0 Å². The van der Waals surface area contributed by atoms with Crippen LogP contribution in [0.3, 0.4) is 0 Å². The lowest BCUT2D eigenvalue weighted by Crippen LogP contribution is -2.04. The van der Waals surface area contributed by atoms with E-state index in [4.69, 9.17) is 9.97 Å². The number of rotatable bonds is 8. The summed E-state index contributed by atoms with van der Waals surface area (Å²) in [5.74, 6) is 3.45. The standard InChI is InChI=1S/C76H48N6/c1-9-31-65-57(23-1)58-24-2-10-32-66(58)79(65)73-45-55(46-74(77-73)80-67-33-11-3-25-59(67)60-26-4-12-34-68(60)80)53-21-17-19-51(43-53)49-39-41-50(42-40-49)52-20-18-22-54(44-52)56-47-75(81-69-35-13-5-27-61(69)62-28-6-14-36-70(62)81)78-76(48-56)82-71-37-15-7-29-63(71)64-30-8-16-38-72(64)82/h1-48H. The molecule has 0 aliphatic heterocycles. The molecule has 6 aromatic heterocycles. The summed E-state index contributed by atoms with van der Waals surface area (Å²) in [6, 6.07) is 105. The number of fused-ring (bicyclic) bond motifs is 12. The average molecular weight is 1050 g/mol. The molecule has 17 rings (SSSR count). The predicted octanol–water partition coefficient (Wildman–Crippen LogP) is 19.5. The number of hydrogen-bond acceptors (Lipinski definition) is 2. The second-order valence-electron chi connectivity index (χ2n) is 21.4. The van der Waals surface area contributed by atoms with E-state index in [1.165, 1.54) is 43.1 Å². The molecular weight excluding hydrogens is 997 g/mol. The van der Waals surface area contributed by atoms with Crippen molar-refractivity contribution >= 4 is 87.2 Å². The number of nitrogens with zero attached hydrogens (tertiary/aromatic N) is 6. The summed E-state index contributed by atoms with van der Waals surface area (Å²) in [7, 11) is 0. The maximum absolute atomic E-state index is 5.58. The van der Waals surface area contributed by atoms with Crippen LogP contribution in [0.25, 0.3) is 155 Å². The molecule has 382 valence electrons. The van der Waals surface area contributed by atoms with Crippen molar-refractivity contribution in [3.63, 3.8) is 0 Å². The summed E-state index contributed by atoms with van der Waals surface area (Å²) in [4.78, 5) is 11.2. The van der Waals surface area contributed by atoms with Crippen molar-refractivity contribution in [1.82, 2.24) is 28.2 Å². The summed E-state index contributed by atoms with van der Waals surface area (Å²) in [6.45, 7) is 0. The molecule has 0 saturated heterocycles. The molecule has 0 aliphatic carbocycles. The van der Waals surface area contributed by atoms with Gasteiger partial charge in [-0.3, -0.25) is 18.3 Å². The summed E-state index contributed by atoms with van der Waals surface area (Å²) >= 11 is 0. The molecular formula is C76H48N6. The van der Waals surface area contributed by atoms with Crippen molar-refractivity contribution in [2.45, 2.75) is 0 Å². The first kappa shape index (κ1) is 45.9. The highest BCUT2D eigenvalue weighted by molar-refractivity contribution is 6.12. The number of benzene rings is 11. The van der Waals surface area contributed by atoms with Gasteiger partial charge in [-0.15, -0.1) is 0 Å². The lowest BCUT2D eigenvalue weighted by Gasteiger charge is -2.15. The first-order valence-corrected chi connectivity index (χ1v) is 28.0. The molecule has 0 atom stereocenters. The molecule has 6 heteroatoms. The van der Waals surface area contributed by atoms with Crippen molar-refractivity contribution in [2.24, 2.45) is 0 Å². The SMILES string of the molecule is c1cc(-c2ccc(-c3cccc(-c4cc(-n5c6ccccc6c6ccccc65)nc(-n5c6ccccc6c6ccccc65)c4)c3)cc2)cc(-c2cc(-n3c4ccccc4c4ccccc43)nc(-n3c4ccccc4c4ccccc43)c2)c1. The van der Waals surface area contributed by atoms with Gasteiger partial charge in [0.2, 0.25) is 0 Å². The molecule has 0 saturated carbocycles. The van der Waals surface area contributed by atoms with Gasteiger partial charge in [-0.2, -0.15) is 0 Å². The topological polar surface area (TPSA) is 45.5 Å². The molecule has 6 heterocycles. The van der Waals surface area contributed by atoms with Gasteiger partial charge in [0, 0.05) is 43.1 Å². The molecule has 82 heavy (non-hydrogen) atoms. The maximum atomic E-state index is 5.58. The van der Waals surface area contributed by atoms with Gasteiger partial charge >= 0.3 is 0 Å². The Morgan fingerprint density at radius 1 is 0.159 bits per heavy atom. The third-order valence-corrected chi connectivity index (χ3v) is 16.8. The van der Waals surface area contributed by atoms with Crippen LogP contribution in [0.4, 0.5) is 0 Å². The van der Waals surface area contributed by atoms with E-state index in [1.54, 1.807) is 0 Å². The fourth-order valence-electron chi connectivity index (χ4n) is 13.1. The van der Waals surface area contributed by atoms with Crippen LogP contribution in [0.5, 0.6) is 0 Å². The number of aromatic nitrogens is 6. The van der Waals surface area contributed by atoms with Gasteiger partial charge in [0.05, 0.1) is 44.1 Å². The van der Waals surface area contributed by atoms with Crippen LogP contribution in [0.2, 0.25) is 0 Å². The molecule has 0 N–H and O–H groups in total. The lowest BCUT2D eigenvalue weighted by molar-refractivity contribution is 1.01. The van der Waals surface area contributed by atoms with Crippen LogP contribution >= 0.6 is 0 Å². The normalized spacial score (nSPS) is 11.9. The van der Waals surface area contributed by atoms with Gasteiger partial charge in [-0.05, 0) is 129 Å². The van der Waals surface area contributed by atoms with E-state index in [0.717, 1.165) is 112 Å². The second kappa shape index (κ2) is 18.2. The Morgan fingerprint density at radius 2 is 0.354 bits per heavy atom. The number of para-hydroxylation sites is 8. The zero-order chi connectivity index (χ0) is 53.8. The van der Waals surface area contributed by atoms with Crippen LogP contribution in [0.15, 0.2) is 291 Å². The Balaban J connectivity index is 0.776. The minimum absolute atomic E-state index is 0.862. The zero-order valence-corrected chi connectivity index (χ0v) is 44.4. The Morgan fingerprint density at radius 3 is 0.573 bits per heavy atom. The van der Waals surface area contributed by atoms with E-state index in [2.05, 4.69) is 309 Å². The third-order valence-electron chi connectivity index (χ3n) is 16.8. The molecule has 0 amide bonds. The van der Waals surface area contributed by atoms with Crippen molar-refractivity contribution < 1.29 is 0 Å². The molecule has 0 bridgehead atoms. The predicted molar refractivity (Wildman–Crippen MR) is 341 cm³/mol. The fourth-order valence-corrected chi connectivity index (χ4v) is 13.1. The average Bonchev–Trinajstić information content (AvgIpc) is 4.38. The quantitative estimate of drug-likeness (QED) is 0.152. The minimum Gasteiger partial charge on any atom is -0.294 e. The first-order valence-electron chi connectivity index (χ1n) is 28.0. The summed E-state index contributed by atoms with van der Waals surface area (Å²) in [5.41, 5.74) is 17.9. The van der Waals surface area contributed by atoms with Crippen molar-refractivity contribution in [3.8, 4) is 67.8 Å². The monoisotopic (exact) mass is 1040 g/mol. The van der Waals surface area contributed by atoms with Crippen LogP contribution < -0.4 is 0 Å². The minimum atomic E-state index is 0.862. The Hall–Kier alpha value is -11.1. The Bertz CT molecular complexity index is 4600. The molecule has 0 radical (unpaired) electrons. The van der Waals surface area contributed by atoms with E-state index in [9.17, 15) is 0 Å². The highest BCUT2D eigenvalue weighted by atomic mass is 15.1. The van der Waals surface area contributed by atoms with Gasteiger partial charge in [-0.25, -0.2) is 9.97 Å². The van der Waals surface area contributed by atoms with Gasteiger partial charge in [-0.1, -0.05) is 206 Å². The molecule has 17 aromatic rings. The van der Waals surface area contributed by atoms with E-state index in [-0.39, 0.29) is 0 Å². The van der Waals surface area contributed by atoms with Gasteiger partial charge in [0.1, 0.15) is 23.3 Å². The number of pyridine rings is 2. The van der Waals surface area contributed by atoms with E-state index in [1.807, 2.05) is 0 Å². The third kappa shape index (κ3) is 7.15. The van der Waals surface area contributed by atoms with Gasteiger partial charge in [0.15, 0.2) is 0 Å². The van der Waals surface area contributed by atoms with Crippen LogP contribution in [-0.4, -0.2) is 28.2 Å². The highest BCUT2D eigenvalue weighted by Gasteiger charge is 2.21. The molecule has 0 unspecified atom stereocenters. The second-order valence-corrected chi connectivity index (χ2v) is 21.4. The van der Waals surface area contributed by atoms with Crippen LogP contribution in [0, 0.1) is 0 Å². The lowest BCUT2D eigenvalue weighted by atomic mass is 9.96. The summed E-state index contributed by atoms with van der Waals surface area (Å²) < 4.78 is 9.31. The largest absolute Gasteiger partial charge is 0.294 e. The van der Waals surface area contributed by atoms with E-state index >= 15 is 0 Å². The van der Waals surface area contributed by atoms with Gasteiger partial charge in [0.25, 0.3) is 0 Å². The van der Waals surface area contributed by atoms with Crippen molar-refractivity contribution in [3.05, 3.63) is 291 Å². The van der Waals surface area contributed by atoms with E-state index in [0.29, 0.717) is 0 Å². The smallest absolute Gasteiger partial charge is 0.140 e. The highest BCUT2D eigenvalue weighted by Crippen LogP contribution is 2.40. The van der Waals surface area contributed by atoms with Crippen LogP contribution in [0.1, 0.15) is 0 Å². The Labute approximate surface area is 471 Å². The zero-order valence-electron chi connectivity index (χ0n) is 44.4. The maximum Gasteiger partial charge on any atom is 0.140 e. The summed E-state index contributed by atoms with van der Waals surface area (Å²) in [5, 5.41) is 9.61.